The highest BCUT2D eigenvalue weighted by Gasteiger charge is 2.18. The Hall–Kier alpha value is 0. The molecule has 0 spiro atoms. The van der Waals surface area contributed by atoms with E-state index in [4.69, 9.17) is 0 Å². The van der Waals surface area contributed by atoms with E-state index in [1.165, 1.54) is 6.42 Å². The molecule has 0 aromatic heterocycles. The van der Waals surface area contributed by atoms with Gasteiger partial charge >= 0.3 is 0 Å². The second kappa shape index (κ2) is 5.76. The van der Waals surface area contributed by atoms with Gasteiger partial charge < -0.3 is 0 Å². The molecule has 0 rings (SSSR count). The summed E-state index contributed by atoms with van der Waals surface area (Å²) in [6.07, 6.45) is 1.28. The predicted molar refractivity (Wildman–Crippen MR) is 50.3 cm³/mol. The van der Waals surface area contributed by atoms with Crippen molar-refractivity contribution in [3.63, 3.8) is 0 Å². The molecule has 0 amide bonds. The van der Waals surface area contributed by atoms with E-state index >= 15 is 0 Å². The number of rotatable bonds is 2. The molecule has 0 heteroatoms. The summed E-state index contributed by atoms with van der Waals surface area (Å²) in [5.74, 6) is 0.812. The highest BCUT2D eigenvalue weighted by atomic mass is 14.2. The van der Waals surface area contributed by atoms with Crippen LogP contribution in [-0.2, 0) is 0 Å². The van der Waals surface area contributed by atoms with Gasteiger partial charge in [0.05, 0.1) is 0 Å². The van der Waals surface area contributed by atoms with Crippen molar-refractivity contribution < 1.29 is 0 Å². The van der Waals surface area contributed by atoms with Crippen LogP contribution in [0.4, 0.5) is 0 Å². The first-order valence-corrected chi connectivity index (χ1v) is 4.50. The Kier molecular flexibility index (Phi) is 7.29. The third kappa shape index (κ3) is 4.84. The lowest BCUT2D eigenvalue weighted by Gasteiger charge is -2.27. The first kappa shape index (κ1) is 12.7. The molecule has 0 radical (unpaired) electrons. The van der Waals surface area contributed by atoms with Gasteiger partial charge in [0.1, 0.15) is 0 Å². The minimum absolute atomic E-state index is 0.542. The molecule has 0 aromatic rings. The molecule has 0 bridgehead atoms. The highest BCUT2D eigenvalue weighted by molar-refractivity contribution is 4.69. The van der Waals surface area contributed by atoms with Gasteiger partial charge in [-0.1, -0.05) is 54.9 Å². The molecule has 64 valence electrons. The van der Waals surface area contributed by atoms with E-state index in [1.807, 2.05) is 13.8 Å². The fourth-order valence-electron chi connectivity index (χ4n) is 0.408. The Labute approximate surface area is 67.0 Å². The summed E-state index contributed by atoms with van der Waals surface area (Å²) in [6, 6.07) is 0. The van der Waals surface area contributed by atoms with Crippen molar-refractivity contribution in [1.82, 2.24) is 0 Å². The average molecular weight is 144 g/mol. The summed E-state index contributed by atoms with van der Waals surface area (Å²) in [5, 5.41) is 0. The molecule has 0 nitrogen and oxygen atoms in total. The topological polar surface area (TPSA) is 0 Å². The summed E-state index contributed by atoms with van der Waals surface area (Å²) in [6.45, 7) is 15.4. The van der Waals surface area contributed by atoms with Gasteiger partial charge in [-0.05, 0) is 11.3 Å². The van der Waals surface area contributed by atoms with Crippen molar-refractivity contribution in [1.29, 1.82) is 0 Å². The van der Waals surface area contributed by atoms with Crippen LogP contribution >= 0.6 is 0 Å². The van der Waals surface area contributed by atoms with Crippen LogP contribution in [-0.4, -0.2) is 0 Å². The van der Waals surface area contributed by atoms with Gasteiger partial charge in [0.25, 0.3) is 0 Å². The summed E-state index contributed by atoms with van der Waals surface area (Å²) in [5.41, 5.74) is 0.542. The van der Waals surface area contributed by atoms with Gasteiger partial charge in [0, 0.05) is 0 Å². The normalized spacial score (nSPS) is 10.8. The molecule has 0 saturated carbocycles. The third-order valence-corrected chi connectivity index (χ3v) is 2.47. The maximum atomic E-state index is 2.32. The Bertz CT molecular complexity index is 60.4. The zero-order valence-corrected chi connectivity index (χ0v) is 8.78. The van der Waals surface area contributed by atoms with Crippen LogP contribution in [0, 0.1) is 11.3 Å². The van der Waals surface area contributed by atoms with Crippen molar-refractivity contribution in [3.05, 3.63) is 0 Å². The van der Waals surface area contributed by atoms with Crippen LogP contribution in [0.15, 0.2) is 0 Å². The first-order valence-electron chi connectivity index (χ1n) is 4.50. The van der Waals surface area contributed by atoms with Crippen molar-refractivity contribution >= 4 is 0 Å². The molecule has 0 saturated heterocycles. The Morgan fingerprint density at radius 1 is 1.10 bits per heavy atom. The minimum Gasteiger partial charge on any atom is -0.0683 e. The smallest absolute Gasteiger partial charge is 0.0334 e. The van der Waals surface area contributed by atoms with E-state index in [2.05, 4.69) is 34.6 Å². The lowest BCUT2D eigenvalue weighted by atomic mass is 9.79. The fourth-order valence-corrected chi connectivity index (χ4v) is 0.408. The molecule has 0 unspecified atom stereocenters. The van der Waals surface area contributed by atoms with Crippen molar-refractivity contribution in [3.8, 4) is 0 Å². The second-order valence-corrected chi connectivity index (χ2v) is 3.50. The molecule has 0 fully saturated rings. The van der Waals surface area contributed by atoms with Crippen molar-refractivity contribution in [2.24, 2.45) is 11.3 Å². The van der Waals surface area contributed by atoms with Crippen LogP contribution in [0.2, 0.25) is 0 Å². The largest absolute Gasteiger partial charge is 0.0683 e. The van der Waals surface area contributed by atoms with Gasteiger partial charge in [0.2, 0.25) is 0 Å². The molecule has 0 aliphatic heterocycles. The Morgan fingerprint density at radius 3 is 1.40 bits per heavy atom. The van der Waals surface area contributed by atoms with E-state index in [1.54, 1.807) is 0 Å². The number of hydrogen-bond donors (Lipinski definition) is 0. The predicted octanol–water partition coefficient (Wildman–Crippen LogP) is 4.10. The zero-order chi connectivity index (χ0) is 8.78. The zero-order valence-electron chi connectivity index (χ0n) is 8.78. The second-order valence-electron chi connectivity index (χ2n) is 3.50. The Morgan fingerprint density at radius 2 is 1.40 bits per heavy atom. The highest BCUT2D eigenvalue weighted by Crippen LogP contribution is 2.28. The van der Waals surface area contributed by atoms with Crippen molar-refractivity contribution in [2.45, 2.75) is 54.9 Å². The van der Waals surface area contributed by atoms with Gasteiger partial charge in [-0.2, -0.15) is 0 Å². The summed E-state index contributed by atoms with van der Waals surface area (Å²) >= 11 is 0. The first-order chi connectivity index (χ1) is 4.50. The summed E-state index contributed by atoms with van der Waals surface area (Å²) in [7, 11) is 0. The van der Waals surface area contributed by atoms with Gasteiger partial charge in [-0.3, -0.25) is 0 Å². The average Bonchev–Trinajstić information content (AvgIpc) is 1.92. The lowest BCUT2D eigenvalue weighted by molar-refractivity contribution is 0.240. The maximum absolute atomic E-state index is 2.32. The van der Waals surface area contributed by atoms with E-state index in [0.717, 1.165) is 5.92 Å². The van der Waals surface area contributed by atoms with E-state index in [9.17, 15) is 0 Å². The Balaban J connectivity index is 0. The van der Waals surface area contributed by atoms with Gasteiger partial charge in [-0.25, -0.2) is 0 Å². The monoisotopic (exact) mass is 144 g/mol. The quantitative estimate of drug-likeness (QED) is 0.547. The van der Waals surface area contributed by atoms with Crippen LogP contribution < -0.4 is 0 Å². The molecule has 0 aromatic carbocycles. The molecule has 0 heterocycles. The third-order valence-electron chi connectivity index (χ3n) is 2.47. The number of hydrogen-bond acceptors (Lipinski definition) is 0. The van der Waals surface area contributed by atoms with E-state index in [0.29, 0.717) is 5.41 Å². The summed E-state index contributed by atoms with van der Waals surface area (Å²) in [4.78, 5) is 0. The molecular formula is C10H24. The van der Waals surface area contributed by atoms with E-state index < -0.39 is 0 Å². The molecule has 0 aliphatic carbocycles. The SMILES string of the molecule is CC.CCC(C)(C)C(C)C. The van der Waals surface area contributed by atoms with Crippen molar-refractivity contribution in [2.75, 3.05) is 0 Å². The molecule has 10 heavy (non-hydrogen) atoms. The van der Waals surface area contributed by atoms with Gasteiger partial charge in [0.15, 0.2) is 0 Å². The molecular weight excluding hydrogens is 120 g/mol. The van der Waals surface area contributed by atoms with Crippen LogP contribution in [0.3, 0.4) is 0 Å². The lowest BCUT2D eigenvalue weighted by Crippen LogP contribution is -2.17. The maximum Gasteiger partial charge on any atom is -0.0334 e. The molecule has 0 atom stereocenters. The van der Waals surface area contributed by atoms with Crippen LogP contribution in [0.1, 0.15) is 54.9 Å². The van der Waals surface area contributed by atoms with Crippen LogP contribution in [0.5, 0.6) is 0 Å². The standard InChI is InChI=1S/C8H18.C2H6/c1-6-8(4,5)7(2)3;1-2/h7H,6H2,1-5H3;1-2H3. The van der Waals surface area contributed by atoms with Gasteiger partial charge in [-0.15, -0.1) is 0 Å². The van der Waals surface area contributed by atoms with Crippen LogP contribution in [0.25, 0.3) is 0 Å². The molecule has 0 N–H and O–H groups in total. The minimum atomic E-state index is 0.542. The van der Waals surface area contributed by atoms with E-state index in [-0.39, 0.29) is 0 Å². The summed E-state index contributed by atoms with van der Waals surface area (Å²) < 4.78 is 0. The molecule has 0 aliphatic rings. The fraction of sp³-hybridized carbons (Fsp3) is 1.00.